The van der Waals surface area contributed by atoms with Crippen molar-refractivity contribution >= 4 is 8.32 Å². The van der Waals surface area contributed by atoms with Crippen LogP contribution in [0.2, 0.25) is 16.6 Å². The molecule has 24 heavy (non-hydrogen) atoms. The van der Waals surface area contributed by atoms with Crippen molar-refractivity contribution in [3.05, 3.63) is 23.9 Å². The minimum atomic E-state index is -1.97. The van der Waals surface area contributed by atoms with Gasteiger partial charge in [0.25, 0.3) is 8.32 Å². The lowest BCUT2D eigenvalue weighted by Gasteiger charge is -2.41. The van der Waals surface area contributed by atoms with E-state index < -0.39 is 13.9 Å². The minimum Gasteiger partial charge on any atom is -0.530 e. The molecule has 0 spiro atoms. The number of hydrogen-bond acceptors (Lipinski definition) is 3. The van der Waals surface area contributed by atoms with E-state index in [4.69, 9.17) is 4.43 Å². The molecule has 1 aromatic heterocycles. The maximum Gasteiger partial charge on any atom is 0.260 e. The van der Waals surface area contributed by atoms with E-state index in [1.807, 2.05) is 18.3 Å². The maximum absolute atomic E-state index is 10.9. The van der Waals surface area contributed by atoms with Crippen molar-refractivity contribution in [2.75, 3.05) is 0 Å². The van der Waals surface area contributed by atoms with Crippen molar-refractivity contribution < 1.29 is 9.53 Å². The van der Waals surface area contributed by atoms with Gasteiger partial charge in [0.05, 0.1) is 5.60 Å². The molecule has 1 fully saturated rings. The third kappa shape index (κ3) is 3.69. The summed E-state index contributed by atoms with van der Waals surface area (Å²) in [5.41, 5.74) is 1.84. The summed E-state index contributed by atoms with van der Waals surface area (Å²) >= 11 is 0. The van der Waals surface area contributed by atoms with Crippen LogP contribution in [0, 0.1) is 0 Å². The molecule has 0 bridgehead atoms. The molecule has 1 aliphatic rings. The summed E-state index contributed by atoms with van der Waals surface area (Å²) in [6, 6.07) is 3.99. The van der Waals surface area contributed by atoms with Crippen LogP contribution >= 0.6 is 0 Å². The average molecular weight is 350 g/mol. The first-order chi connectivity index (χ1) is 11.2. The van der Waals surface area contributed by atoms with Crippen molar-refractivity contribution in [1.82, 2.24) is 4.98 Å². The van der Waals surface area contributed by atoms with E-state index in [0.29, 0.717) is 16.6 Å². The monoisotopic (exact) mass is 349 g/mol. The second-order valence-corrected chi connectivity index (χ2v) is 13.8. The summed E-state index contributed by atoms with van der Waals surface area (Å²) in [6.45, 7) is 13.7. The zero-order chi connectivity index (χ0) is 18.0. The smallest absolute Gasteiger partial charge is 0.260 e. The maximum atomic E-state index is 10.9. The molecule has 1 aliphatic carbocycles. The molecule has 136 valence electrons. The highest BCUT2D eigenvalue weighted by Crippen LogP contribution is 2.43. The molecular weight excluding hydrogens is 314 g/mol. The SMILES string of the molecule is CC(C)[Si](Oc1ccc(C2(O)CCCCC2)cn1)(C(C)C)C(C)C. The van der Waals surface area contributed by atoms with Crippen molar-refractivity contribution in [2.24, 2.45) is 0 Å². The fourth-order valence-electron chi connectivity index (χ4n) is 4.68. The Morgan fingerprint density at radius 2 is 1.50 bits per heavy atom. The number of rotatable bonds is 6. The van der Waals surface area contributed by atoms with Gasteiger partial charge in [0, 0.05) is 11.8 Å². The first kappa shape index (κ1) is 19.5. The fraction of sp³-hybridized carbons (Fsp3) is 0.750. The van der Waals surface area contributed by atoms with Gasteiger partial charge in [0.2, 0.25) is 0 Å². The van der Waals surface area contributed by atoms with E-state index in [0.717, 1.165) is 37.1 Å². The van der Waals surface area contributed by atoms with E-state index in [9.17, 15) is 5.11 Å². The quantitative estimate of drug-likeness (QED) is 0.661. The molecule has 0 aliphatic heterocycles. The molecule has 1 aromatic rings. The summed E-state index contributed by atoms with van der Waals surface area (Å²) in [4.78, 5) is 4.58. The molecule has 0 radical (unpaired) electrons. The number of aliphatic hydroxyl groups is 1. The highest BCUT2D eigenvalue weighted by Gasteiger charge is 2.47. The standard InChI is InChI=1S/C20H35NO2Si/c1-15(2)24(16(3)4,17(5)6)23-19-11-10-18(14-21-19)20(22)12-8-7-9-13-20/h10-11,14-17,22H,7-9,12-13H2,1-6H3. The van der Waals surface area contributed by atoms with Gasteiger partial charge < -0.3 is 9.53 Å². The van der Waals surface area contributed by atoms with Crippen LogP contribution in [0.25, 0.3) is 0 Å². The number of nitrogens with zero attached hydrogens (tertiary/aromatic N) is 1. The molecule has 2 rings (SSSR count). The van der Waals surface area contributed by atoms with Crippen LogP contribution in [-0.2, 0) is 5.60 Å². The average Bonchev–Trinajstić information content (AvgIpc) is 2.52. The summed E-state index contributed by atoms with van der Waals surface area (Å²) in [5.74, 6) is 0.723. The Bertz CT molecular complexity index is 497. The Morgan fingerprint density at radius 3 is 1.92 bits per heavy atom. The largest absolute Gasteiger partial charge is 0.530 e. The van der Waals surface area contributed by atoms with E-state index in [-0.39, 0.29) is 0 Å². The van der Waals surface area contributed by atoms with Gasteiger partial charge in [0.1, 0.15) is 0 Å². The van der Waals surface area contributed by atoms with Gasteiger partial charge in [-0.1, -0.05) is 60.8 Å². The van der Waals surface area contributed by atoms with Crippen LogP contribution in [-0.4, -0.2) is 18.4 Å². The first-order valence-electron chi connectivity index (χ1n) is 9.60. The highest BCUT2D eigenvalue weighted by atomic mass is 28.4. The van der Waals surface area contributed by atoms with Gasteiger partial charge in [-0.2, -0.15) is 0 Å². The van der Waals surface area contributed by atoms with Crippen LogP contribution < -0.4 is 4.43 Å². The molecule has 1 saturated carbocycles. The predicted octanol–water partition coefficient (Wildman–Crippen LogP) is 5.79. The van der Waals surface area contributed by atoms with Crippen molar-refractivity contribution in [3.63, 3.8) is 0 Å². The molecule has 0 atom stereocenters. The van der Waals surface area contributed by atoms with E-state index >= 15 is 0 Å². The molecule has 1 heterocycles. The lowest BCUT2D eigenvalue weighted by molar-refractivity contribution is -0.000961. The van der Waals surface area contributed by atoms with E-state index in [1.54, 1.807) is 0 Å². The second kappa shape index (κ2) is 7.57. The molecule has 0 unspecified atom stereocenters. The molecule has 0 amide bonds. The predicted molar refractivity (Wildman–Crippen MR) is 103 cm³/mol. The third-order valence-electron chi connectivity index (χ3n) is 5.94. The molecular formula is C20H35NO2Si. The Kier molecular flexibility index (Phi) is 6.13. The van der Waals surface area contributed by atoms with Gasteiger partial charge in [-0.25, -0.2) is 4.98 Å². The Balaban J connectivity index is 2.23. The van der Waals surface area contributed by atoms with Crippen molar-refractivity contribution in [3.8, 4) is 5.88 Å². The van der Waals surface area contributed by atoms with Crippen LogP contribution in [0.15, 0.2) is 18.3 Å². The zero-order valence-corrected chi connectivity index (χ0v) is 17.3. The van der Waals surface area contributed by atoms with E-state index in [2.05, 4.69) is 46.5 Å². The molecule has 4 heteroatoms. The van der Waals surface area contributed by atoms with Gasteiger partial charge >= 0.3 is 0 Å². The number of aromatic nitrogens is 1. The second-order valence-electron chi connectivity index (χ2n) is 8.40. The zero-order valence-electron chi connectivity index (χ0n) is 16.3. The molecule has 1 N–H and O–H groups in total. The Labute approximate surface area is 149 Å². The Hall–Kier alpha value is -0.873. The Morgan fingerprint density at radius 1 is 0.958 bits per heavy atom. The van der Waals surface area contributed by atoms with E-state index in [1.165, 1.54) is 6.42 Å². The molecule has 3 nitrogen and oxygen atoms in total. The van der Waals surface area contributed by atoms with Gasteiger partial charge in [-0.05, 0) is 41.6 Å². The topological polar surface area (TPSA) is 42.4 Å². The van der Waals surface area contributed by atoms with Crippen LogP contribution in [0.5, 0.6) is 5.88 Å². The van der Waals surface area contributed by atoms with Crippen molar-refractivity contribution in [2.45, 2.75) is 95.9 Å². The van der Waals surface area contributed by atoms with Crippen molar-refractivity contribution in [1.29, 1.82) is 0 Å². The van der Waals surface area contributed by atoms with Crippen LogP contribution in [0.4, 0.5) is 0 Å². The third-order valence-corrected chi connectivity index (χ3v) is 11.9. The normalized spacial score (nSPS) is 18.4. The first-order valence-corrected chi connectivity index (χ1v) is 11.7. The van der Waals surface area contributed by atoms with Gasteiger partial charge in [-0.15, -0.1) is 0 Å². The summed E-state index contributed by atoms with van der Waals surface area (Å²) in [5, 5.41) is 10.9. The molecule has 0 aromatic carbocycles. The van der Waals surface area contributed by atoms with Crippen LogP contribution in [0.1, 0.15) is 79.2 Å². The lowest BCUT2D eigenvalue weighted by Crippen LogP contribution is -2.50. The van der Waals surface area contributed by atoms with Gasteiger partial charge in [-0.3, -0.25) is 0 Å². The highest BCUT2D eigenvalue weighted by molar-refractivity contribution is 6.78. The minimum absolute atomic E-state index is 0.529. The lowest BCUT2D eigenvalue weighted by atomic mass is 9.80. The molecule has 0 saturated heterocycles. The van der Waals surface area contributed by atoms with Crippen LogP contribution in [0.3, 0.4) is 0 Å². The number of pyridine rings is 1. The fourth-order valence-corrected chi connectivity index (χ4v) is 9.87. The summed E-state index contributed by atoms with van der Waals surface area (Å²) < 4.78 is 6.61. The summed E-state index contributed by atoms with van der Waals surface area (Å²) in [6.07, 6.45) is 6.94. The summed E-state index contributed by atoms with van der Waals surface area (Å²) in [7, 11) is -1.97. The number of hydrogen-bond donors (Lipinski definition) is 1. The van der Waals surface area contributed by atoms with Gasteiger partial charge in [0.15, 0.2) is 5.88 Å².